The van der Waals surface area contributed by atoms with Crippen molar-refractivity contribution in [1.82, 2.24) is 0 Å². The molecule has 1 atom stereocenters. The highest BCUT2D eigenvalue weighted by Crippen LogP contribution is 2.26. The number of ether oxygens (including phenoxy) is 2. The minimum Gasteiger partial charge on any atom is -0.375 e. The highest BCUT2D eigenvalue weighted by atomic mass is 16.5. The van der Waals surface area contributed by atoms with Crippen LogP contribution in [0, 0.1) is 0 Å². The lowest BCUT2D eigenvalue weighted by Crippen LogP contribution is -2.43. The minimum atomic E-state index is -0.547. The Kier molecular flexibility index (Phi) is 11.8. The summed E-state index contributed by atoms with van der Waals surface area (Å²) in [6.45, 7) is 15.4. The number of hydrogen-bond acceptors (Lipinski definition) is 2. The SMILES string of the molecule is C=CC(C=C)(OCC)C(CCCCCCCC)OCC. The fourth-order valence-electron chi connectivity index (χ4n) is 2.56. The summed E-state index contributed by atoms with van der Waals surface area (Å²) in [5, 5.41) is 0. The van der Waals surface area contributed by atoms with E-state index < -0.39 is 5.60 Å². The molecule has 0 aliphatic rings. The third kappa shape index (κ3) is 6.71. The fourth-order valence-corrected chi connectivity index (χ4v) is 2.56. The Balaban J connectivity index is 4.37. The predicted octanol–water partition coefficient (Wildman–Crippen LogP) is 5.29. The zero-order chi connectivity index (χ0) is 15.3. The maximum atomic E-state index is 5.90. The number of hydrogen-bond donors (Lipinski definition) is 0. The van der Waals surface area contributed by atoms with Gasteiger partial charge in [0, 0.05) is 13.2 Å². The van der Waals surface area contributed by atoms with Gasteiger partial charge in [-0.25, -0.2) is 0 Å². The van der Waals surface area contributed by atoms with Crippen LogP contribution < -0.4 is 0 Å². The van der Waals surface area contributed by atoms with E-state index in [4.69, 9.17) is 9.47 Å². The van der Waals surface area contributed by atoms with E-state index in [0.29, 0.717) is 13.2 Å². The summed E-state index contributed by atoms with van der Waals surface area (Å²) >= 11 is 0. The van der Waals surface area contributed by atoms with E-state index in [2.05, 4.69) is 20.1 Å². The van der Waals surface area contributed by atoms with E-state index in [-0.39, 0.29) is 6.10 Å². The standard InChI is InChI=1S/C18H34O2/c1-6-11-12-13-14-15-16-17(19-9-4)18(7-2,8-3)20-10-5/h7-8,17H,2-3,6,9-16H2,1,4-5H3. The van der Waals surface area contributed by atoms with Crippen LogP contribution in [0.4, 0.5) is 0 Å². The first-order valence-corrected chi connectivity index (χ1v) is 8.23. The second-order valence-corrected chi connectivity index (χ2v) is 5.20. The van der Waals surface area contributed by atoms with Crippen LogP contribution in [0.5, 0.6) is 0 Å². The van der Waals surface area contributed by atoms with E-state index in [1.54, 1.807) is 0 Å². The van der Waals surface area contributed by atoms with Gasteiger partial charge in [-0.1, -0.05) is 70.8 Å². The van der Waals surface area contributed by atoms with Gasteiger partial charge in [0.05, 0.1) is 6.10 Å². The molecule has 0 fully saturated rings. The smallest absolute Gasteiger partial charge is 0.130 e. The summed E-state index contributed by atoms with van der Waals surface area (Å²) in [5.41, 5.74) is -0.547. The van der Waals surface area contributed by atoms with Gasteiger partial charge in [-0.15, -0.1) is 0 Å². The largest absolute Gasteiger partial charge is 0.375 e. The lowest BCUT2D eigenvalue weighted by Gasteiger charge is -2.35. The first-order valence-electron chi connectivity index (χ1n) is 8.23. The van der Waals surface area contributed by atoms with Crippen molar-refractivity contribution in [3.8, 4) is 0 Å². The van der Waals surface area contributed by atoms with Gasteiger partial charge in [0.2, 0.25) is 0 Å². The van der Waals surface area contributed by atoms with Crippen LogP contribution in [-0.4, -0.2) is 24.9 Å². The van der Waals surface area contributed by atoms with Gasteiger partial charge in [-0.3, -0.25) is 0 Å². The fraction of sp³-hybridized carbons (Fsp3) is 0.778. The third-order valence-electron chi connectivity index (χ3n) is 3.72. The maximum absolute atomic E-state index is 5.90. The summed E-state index contributed by atoms with van der Waals surface area (Å²) < 4.78 is 11.8. The van der Waals surface area contributed by atoms with Crippen LogP contribution in [0.1, 0.15) is 65.7 Å². The molecule has 0 rings (SSSR count). The molecule has 118 valence electrons. The van der Waals surface area contributed by atoms with E-state index in [9.17, 15) is 0 Å². The molecule has 0 radical (unpaired) electrons. The Morgan fingerprint density at radius 1 is 0.900 bits per heavy atom. The molecule has 0 aromatic heterocycles. The Hall–Kier alpha value is -0.600. The molecule has 0 amide bonds. The van der Waals surface area contributed by atoms with Crippen molar-refractivity contribution in [2.75, 3.05) is 13.2 Å². The molecule has 0 bridgehead atoms. The van der Waals surface area contributed by atoms with Gasteiger partial charge in [0.15, 0.2) is 0 Å². The number of unbranched alkanes of at least 4 members (excludes halogenated alkanes) is 5. The lowest BCUT2D eigenvalue weighted by atomic mass is 9.91. The number of rotatable bonds is 14. The average Bonchev–Trinajstić information content (AvgIpc) is 2.47. The van der Waals surface area contributed by atoms with Crippen LogP contribution in [0.15, 0.2) is 25.3 Å². The molecule has 0 spiro atoms. The zero-order valence-electron chi connectivity index (χ0n) is 13.8. The second kappa shape index (κ2) is 12.2. The van der Waals surface area contributed by atoms with Crippen molar-refractivity contribution in [3.05, 3.63) is 25.3 Å². The third-order valence-corrected chi connectivity index (χ3v) is 3.72. The van der Waals surface area contributed by atoms with E-state index in [1.165, 1.54) is 38.5 Å². The van der Waals surface area contributed by atoms with Crippen molar-refractivity contribution in [2.24, 2.45) is 0 Å². The topological polar surface area (TPSA) is 18.5 Å². The summed E-state index contributed by atoms with van der Waals surface area (Å²) in [7, 11) is 0. The highest BCUT2D eigenvalue weighted by Gasteiger charge is 2.34. The molecule has 0 saturated heterocycles. The molecule has 0 heterocycles. The van der Waals surface area contributed by atoms with E-state index >= 15 is 0 Å². The van der Waals surface area contributed by atoms with Crippen LogP contribution >= 0.6 is 0 Å². The predicted molar refractivity (Wildman–Crippen MR) is 88.2 cm³/mol. The Morgan fingerprint density at radius 2 is 1.50 bits per heavy atom. The van der Waals surface area contributed by atoms with Crippen molar-refractivity contribution < 1.29 is 9.47 Å². The quantitative estimate of drug-likeness (QED) is 0.318. The molecule has 0 saturated carbocycles. The van der Waals surface area contributed by atoms with Gasteiger partial charge in [0.25, 0.3) is 0 Å². The first kappa shape index (κ1) is 19.4. The molecule has 0 aromatic carbocycles. The monoisotopic (exact) mass is 282 g/mol. The zero-order valence-corrected chi connectivity index (χ0v) is 13.8. The Morgan fingerprint density at radius 3 is 2.00 bits per heavy atom. The van der Waals surface area contributed by atoms with Gasteiger partial charge in [-0.2, -0.15) is 0 Å². The normalized spacial score (nSPS) is 13.2. The van der Waals surface area contributed by atoms with Crippen molar-refractivity contribution in [2.45, 2.75) is 77.4 Å². The lowest BCUT2D eigenvalue weighted by molar-refractivity contribution is -0.0911. The van der Waals surface area contributed by atoms with Gasteiger partial charge >= 0.3 is 0 Å². The summed E-state index contributed by atoms with van der Waals surface area (Å²) in [4.78, 5) is 0. The molecule has 0 aliphatic heterocycles. The molecule has 2 nitrogen and oxygen atoms in total. The first-order chi connectivity index (χ1) is 9.70. The molecule has 0 aliphatic carbocycles. The van der Waals surface area contributed by atoms with Crippen LogP contribution in [0.25, 0.3) is 0 Å². The van der Waals surface area contributed by atoms with Crippen molar-refractivity contribution in [3.63, 3.8) is 0 Å². The molecule has 0 N–H and O–H groups in total. The van der Waals surface area contributed by atoms with Crippen molar-refractivity contribution in [1.29, 1.82) is 0 Å². The van der Waals surface area contributed by atoms with Crippen LogP contribution in [-0.2, 0) is 9.47 Å². The summed E-state index contributed by atoms with van der Waals surface area (Å²) in [5.74, 6) is 0. The maximum Gasteiger partial charge on any atom is 0.130 e. The van der Waals surface area contributed by atoms with Crippen molar-refractivity contribution >= 4 is 0 Å². The molecule has 0 aromatic rings. The molecule has 20 heavy (non-hydrogen) atoms. The van der Waals surface area contributed by atoms with Crippen LogP contribution in [0.2, 0.25) is 0 Å². The molecule has 1 unspecified atom stereocenters. The van der Waals surface area contributed by atoms with E-state index in [1.807, 2.05) is 26.0 Å². The summed E-state index contributed by atoms with van der Waals surface area (Å²) in [6, 6.07) is 0. The second-order valence-electron chi connectivity index (χ2n) is 5.20. The average molecular weight is 282 g/mol. The summed E-state index contributed by atoms with van der Waals surface area (Å²) in [6.07, 6.45) is 12.4. The Bertz CT molecular complexity index is 240. The minimum absolute atomic E-state index is 0.0219. The highest BCUT2D eigenvalue weighted by molar-refractivity contribution is 5.14. The van der Waals surface area contributed by atoms with Gasteiger partial charge < -0.3 is 9.47 Å². The van der Waals surface area contributed by atoms with Gasteiger partial charge in [0.1, 0.15) is 5.60 Å². The molecular formula is C18H34O2. The Labute approximate surface area is 126 Å². The molecule has 2 heteroatoms. The molecular weight excluding hydrogens is 248 g/mol. The van der Waals surface area contributed by atoms with Crippen LogP contribution in [0.3, 0.4) is 0 Å². The van der Waals surface area contributed by atoms with Gasteiger partial charge in [-0.05, 0) is 20.3 Å². The van der Waals surface area contributed by atoms with E-state index in [0.717, 1.165) is 6.42 Å².